The zero-order valence-corrected chi connectivity index (χ0v) is 16.2. The highest BCUT2D eigenvalue weighted by molar-refractivity contribution is 5.96. The molecule has 6 nitrogen and oxygen atoms in total. The van der Waals surface area contributed by atoms with Gasteiger partial charge in [0, 0.05) is 37.8 Å². The first-order chi connectivity index (χ1) is 13.6. The lowest BCUT2D eigenvalue weighted by molar-refractivity contribution is 0.0941. The molecule has 0 bridgehead atoms. The number of ether oxygens (including phenoxy) is 1. The van der Waals surface area contributed by atoms with Crippen LogP contribution in [0.5, 0.6) is 5.75 Å². The van der Waals surface area contributed by atoms with Crippen molar-refractivity contribution in [1.29, 1.82) is 0 Å². The Kier molecular flexibility index (Phi) is 5.12. The second kappa shape index (κ2) is 7.86. The Hall–Kier alpha value is -3.12. The van der Waals surface area contributed by atoms with E-state index in [1.54, 1.807) is 4.68 Å². The molecule has 28 heavy (non-hydrogen) atoms. The van der Waals surface area contributed by atoms with Gasteiger partial charge < -0.3 is 15.0 Å². The zero-order valence-electron chi connectivity index (χ0n) is 16.2. The number of benzene rings is 2. The predicted molar refractivity (Wildman–Crippen MR) is 108 cm³/mol. The summed E-state index contributed by atoms with van der Waals surface area (Å²) in [5.41, 5.74) is 4.47. The molecule has 2 aromatic carbocycles. The van der Waals surface area contributed by atoms with Gasteiger partial charge in [0.05, 0.1) is 5.69 Å². The Morgan fingerprint density at radius 3 is 2.75 bits per heavy atom. The molecule has 6 heteroatoms. The molecule has 0 unspecified atom stereocenters. The zero-order chi connectivity index (χ0) is 19.5. The van der Waals surface area contributed by atoms with Crippen molar-refractivity contribution in [2.24, 2.45) is 7.05 Å². The maximum atomic E-state index is 12.7. The van der Waals surface area contributed by atoms with E-state index in [9.17, 15) is 4.79 Å². The summed E-state index contributed by atoms with van der Waals surface area (Å²) in [7, 11) is 3.91. The molecule has 144 valence electrons. The van der Waals surface area contributed by atoms with Crippen molar-refractivity contribution in [2.75, 3.05) is 20.1 Å². The second-order valence-electron chi connectivity index (χ2n) is 7.06. The van der Waals surface area contributed by atoms with Gasteiger partial charge in [-0.2, -0.15) is 5.10 Å². The van der Waals surface area contributed by atoms with E-state index in [2.05, 4.69) is 27.4 Å². The standard InChI is InChI=1S/C22H24N4O2/c1-25(14-16-8-4-3-5-9-16)13-12-23-22(27)20-18-15-28-19-11-7-6-10-17(19)21(18)26(2)24-20/h3-11H,12-15H2,1-2H3,(H,23,27). The van der Waals surface area contributed by atoms with Crippen molar-refractivity contribution in [3.8, 4) is 17.0 Å². The Morgan fingerprint density at radius 1 is 1.18 bits per heavy atom. The highest BCUT2D eigenvalue weighted by Gasteiger charge is 2.27. The van der Waals surface area contributed by atoms with Crippen molar-refractivity contribution in [3.63, 3.8) is 0 Å². The van der Waals surface area contributed by atoms with Crippen LogP contribution in [-0.2, 0) is 20.2 Å². The topological polar surface area (TPSA) is 59.4 Å². The largest absolute Gasteiger partial charge is 0.488 e. The van der Waals surface area contributed by atoms with Gasteiger partial charge in [0.1, 0.15) is 12.4 Å². The number of hydrogen-bond acceptors (Lipinski definition) is 4. The highest BCUT2D eigenvalue weighted by Crippen LogP contribution is 2.38. The first-order valence-corrected chi connectivity index (χ1v) is 9.42. The van der Waals surface area contributed by atoms with Crippen LogP contribution < -0.4 is 10.1 Å². The van der Waals surface area contributed by atoms with Crippen molar-refractivity contribution < 1.29 is 9.53 Å². The SMILES string of the molecule is CN(CCNC(=O)c1nn(C)c2c1COc1ccccc1-2)Cc1ccccc1. The molecule has 1 N–H and O–H groups in total. The molecule has 1 aromatic heterocycles. The Morgan fingerprint density at radius 2 is 1.93 bits per heavy atom. The lowest BCUT2D eigenvalue weighted by Gasteiger charge is -2.19. The lowest BCUT2D eigenvalue weighted by atomic mass is 10.0. The number of hydrogen-bond donors (Lipinski definition) is 1. The van der Waals surface area contributed by atoms with Gasteiger partial charge in [-0.25, -0.2) is 0 Å². The third-order valence-electron chi connectivity index (χ3n) is 4.95. The number of carbonyl (C=O) groups excluding carboxylic acids is 1. The van der Waals surface area contributed by atoms with E-state index in [0.717, 1.165) is 35.7 Å². The Labute approximate surface area is 164 Å². The number of likely N-dealkylation sites (N-methyl/N-ethyl adjacent to an activating group) is 1. The fraction of sp³-hybridized carbons (Fsp3) is 0.273. The van der Waals surface area contributed by atoms with Crippen LogP contribution in [0.3, 0.4) is 0 Å². The summed E-state index contributed by atoms with van der Waals surface area (Å²) in [6, 6.07) is 18.1. The number of fused-ring (bicyclic) bond motifs is 3. The van der Waals surface area contributed by atoms with Crippen LogP contribution >= 0.6 is 0 Å². The van der Waals surface area contributed by atoms with Gasteiger partial charge in [0.2, 0.25) is 0 Å². The number of nitrogens with one attached hydrogen (secondary N) is 1. The summed E-state index contributed by atoms with van der Waals surface area (Å²) in [5.74, 6) is 0.667. The predicted octanol–water partition coefficient (Wildman–Crippen LogP) is 2.84. The Balaban J connectivity index is 1.40. The number of rotatable bonds is 6. The quantitative estimate of drug-likeness (QED) is 0.719. The van der Waals surface area contributed by atoms with Gasteiger partial charge >= 0.3 is 0 Å². The van der Waals surface area contributed by atoms with Crippen LogP contribution in [0.1, 0.15) is 21.6 Å². The minimum atomic E-state index is -0.159. The second-order valence-corrected chi connectivity index (χ2v) is 7.06. The van der Waals surface area contributed by atoms with Gasteiger partial charge in [0.25, 0.3) is 5.91 Å². The molecule has 1 aliphatic rings. The normalized spacial score (nSPS) is 12.2. The average Bonchev–Trinajstić information content (AvgIpc) is 3.06. The lowest BCUT2D eigenvalue weighted by Crippen LogP contribution is -2.33. The minimum Gasteiger partial charge on any atom is -0.488 e. The third-order valence-corrected chi connectivity index (χ3v) is 4.95. The van der Waals surface area contributed by atoms with E-state index >= 15 is 0 Å². The van der Waals surface area contributed by atoms with Gasteiger partial charge in [-0.3, -0.25) is 9.48 Å². The molecular weight excluding hydrogens is 352 g/mol. The first-order valence-electron chi connectivity index (χ1n) is 9.42. The van der Waals surface area contributed by atoms with E-state index in [4.69, 9.17) is 4.74 Å². The number of para-hydroxylation sites is 1. The number of carbonyl (C=O) groups is 1. The number of aromatic nitrogens is 2. The molecule has 0 spiro atoms. The van der Waals surface area contributed by atoms with Gasteiger partial charge in [-0.05, 0) is 24.7 Å². The van der Waals surface area contributed by atoms with Crippen LogP contribution in [0.2, 0.25) is 0 Å². The molecule has 0 aliphatic carbocycles. The fourth-order valence-corrected chi connectivity index (χ4v) is 3.58. The summed E-state index contributed by atoms with van der Waals surface area (Å²) in [6.45, 7) is 2.52. The van der Waals surface area contributed by atoms with Gasteiger partial charge in [0.15, 0.2) is 5.69 Å². The summed E-state index contributed by atoms with van der Waals surface area (Å²) in [6.07, 6.45) is 0. The minimum absolute atomic E-state index is 0.159. The van der Waals surface area contributed by atoms with E-state index in [1.165, 1.54) is 5.56 Å². The average molecular weight is 376 g/mol. The fourth-order valence-electron chi connectivity index (χ4n) is 3.58. The van der Waals surface area contributed by atoms with Crippen molar-refractivity contribution in [3.05, 3.63) is 71.4 Å². The molecular formula is C22H24N4O2. The summed E-state index contributed by atoms with van der Waals surface area (Å²) in [5, 5.41) is 7.46. The van der Waals surface area contributed by atoms with Crippen molar-refractivity contribution >= 4 is 5.91 Å². The molecule has 0 saturated carbocycles. The van der Waals surface area contributed by atoms with Crippen LogP contribution in [0, 0.1) is 0 Å². The molecule has 4 rings (SSSR count). The molecule has 0 saturated heterocycles. The Bertz CT molecular complexity index is 981. The maximum absolute atomic E-state index is 12.7. The van der Waals surface area contributed by atoms with Crippen LogP contribution in [0.15, 0.2) is 54.6 Å². The maximum Gasteiger partial charge on any atom is 0.272 e. The molecule has 2 heterocycles. The molecule has 0 radical (unpaired) electrons. The number of amides is 1. The van der Waals surface area contributed by atoms with Crippen LogP contribution in [0.4, 0.5) is 0 Å². The molecule has 0 fully saturated rings. The van der Waals surface area contributed by atoms with E-state index in [-0.39, 0.29) is 5.91 Å². The monoisotopic (exact) mass is 376 g/mol. The van der Waals surface area contributed by atoms with E-state index in [1.807, 2.05) is 56.6 Å². The summed E-state index contributed by atoms with van der Waals surface area (Å²) in [4.78, 5) is 14.9. The molecule has 1 aliphatic heterocycles. The van der Waals surface area contributed by atoms with Gasteiger partial charge in [-0.1, -0.05) is 42.5 Å². The van der Waals surface area contributed by atoms with Gasteiger partial charge in [-0.15, -0.1) is 0 Å². The number of aryl methyl sites for hydroxylation is 1. The first kappa shape index (κ1) is 18.3. The summed E-state index contributed by atoms with van der Waals surface area (Å²) >= 11 is 0. The van der Waals surface area contributed by atoms with E-state index < -0.39 is 0 Å². The van der Waals surface area contributed by atoms with Crippen LogP contribution in [-0.4, -0.2) is 40.7 Å². The molecule has 3 aromatic rings. The number of nitrogens with zero attached hydrogens (tertiary/aromatic N) is 3. The molecule has 0 atom stereocenters. The third kappa shape index (κ3) is 3.64. The molecule has 1 amide bonds. The van der Waals surface area contributed by atoms with Crippen LogP contribution in [0.25, 0.3) is 11.3 Å². The van der Waals surface area contributed by atoms with Crippen molar-refractivity contribution in [2.45, 2.75) is 13.2 Å². The summed E-state index contributed by atoms with van der Waals surface area (Å²) < 4.78 is 7.59. The highest BCUT2D eigenvalue weighted by atomic mass is 16.5. The van der Waals surface area contributed by atoms with E-state index in [0.29, 0.717) is 18.8 Å². The smallest absolute Gasteiger partial charge is 0.272 e. The van der Waals surface area contributed by atoms with Crippen molar-refractivity contribution in [1.82, 2.24) is 20.0 Å².